The number of thioether (sulfide) groups is 1. The van der Waals surface area contributed by atoms with Crippen LogP contribution in [0.25, 0.3) is 0 Å². The number of aryl methyl sites for hydroxylation is 2. The van der Waals surface area contributed by atoms with Crippen LogP contribution in [0, 0.1) is 13.8 Å². The molecule has 5 nitrogen and oxygen atoms in total. The number of carbonyl (C=O) groups is 2. The Morgan fingerprint density at radius 1 is 1.21 bits per heavy atom. The summed E-state index contributed by atoms with van der Waals surface area (Å²) in [5, 5.41) is 3.47. The predicted octanol–water partition coefficient (Wildman–Crippen LogP) is 4.94. The standard InChI is InChI=1S/C21H22ClN3O2S/c1-4-25-19(26)12-18(20(27)23-16-9-6-15(22)7-10-16)28-21(25)24-17-8-5-13(2)14(3)11-17/h5-11,18H,4,12H2,1-3H3,(H,23,27). The third-order valence-electron chi connectivity index (χ3n) is 4.58. The SMILES string of the molecule is CCN1C(=O)CC(C(=O)Nc2ccc(Cl)cc2)SC1=Nc1ccc(C)c(C)c1. The highest BCUT2D eigenvalue weighted by molar-refractivity contribution is 8.15. The van der Waals surface area contributed by atoms with Gasteiger partial charge in [0.05, 0.1) is 5.69 Å². The average molecular weight is 416 g/mol. The maximum Gasteiger partial charge on any atom is 0.238 e. The second kappa shape index (κ2) is 8.80. The van der Waals surface area contributed by atoms with E-state index in [-0.39, 0.29) is 18.2 Å². The topological polar surface area (TPSA) is 61.8 Å². The molecule has 3 rings (SSSR count). The van der Waals surface area contributed by atoms with Crippen molar-refractivity contribution in [2.45, 2.75) is 32.4 Å². The third kappa shape index (κ3) is 4.75. The van der Waals surface area contributed by atoms with Gasteiger partial charge in [0.25, 0.3) is 0 Å². The first-order valence-electron chi connectivity index (χ1n) is 9.06. The minimum absolute atomic E-state index is 0.0971. The van der Waals surface area contributed by atoms with Crippen LogP contribution in [-0.2, 0) is 9.59 Å². The van der Waals surface area contributed by atoms with Crippen LogP contribution in [0.15, 0.2) is 47.5 Å². The van der Waals surface area contributed by atoms with Crippen LogP contribution in [-0.4, -0.2) is 33.7 Å². The van der Waals surface area contributed by atoms with Crippen molar-refractivity contribution >= 4 is 51.7 Å². The van der Waals surface area contributed by atoms with E-state index in [1.165, 1.54) is 17.3 Å². The van der Waals surface area contributed by atoms with Gasteiger partial charge in [-0.15, -0.1) is 0 Å². The lowest BCUT2D eigenvalue weighted by Crippen LogP contribution is -2.45. The van der Waals surface area contributed by atoms with Gasteiger partial charge in [0, 0.05) is 23.7 Å². The zero-order valence-electron chi connectivity index (χ0n) is 16.0. The van der Waals surface area contributed by atoms with Gasteiger partial charge in [-0.3, -0.25) is 14.5 Å². The number of nitrogens with zero attached hydrogens (tertiary/aromatic N) is 2. The first kappa shape index (κ1) is 20.4. The Morgan fingerprint density at radius 2 is 1.93 bits per heavy atom. The summed E-state index contributed by atoms with van der Waals surface area (Å²) in [6, 6.07) is 12.8. The molecule has 0 aliphatic carbocycles. The van der Waals surface area contributed by atoms with E-state index in [0.717, 1.165) is 11.3 Å². The molecule has 146 valence electrons. The number of halogens is 1. The molecule has 2 aromatic carbocycles. The molecule has 0 spiro atoms. The van der Waals surface area contributed by atoms with E-state index in [0.29, 0.717) is 22.4 Å². The number of hydrogen-bond acceptors (Lipinski definition) is 4. The number of hydrogen-bond donors (Lipinski definition) is 1. The van der Waals surface area contributed by atoms with Crippen molar-refractivity contribution in [3.8, 4) is 0 Å². The summed E-state index contributed by atoms with van der Waals surface area (Å²) in [6.45, 7) is 6.49. The fourth-order valence-electron chi connectivity index (χ4n) is 2.81. The Kier molecular flexibility index (Phi) is 6.42. The van der Waals surface area contributed by atoms with Crippen molar-refractivity contribution in [1.82, 2.24) is 4.90 Å². The molecule has 28 heavy (non-hydrogen) atoms. The summed E-state index contributed by atoms with van der Waals surface area (Å²) in [5.41, 5.74) is 3.74. The van der Waals surface area contributed by atoms with E-state index in [2.05, 4.69) is 10.3 Å². The van der Waals surface area contributed by atoms with Crippen LogP contribution in [0.4, 0.5) is 11.4 Å². The van der Waals surface area contributed by atoms with E-state index in [1.807, 2.05) is 39.0 Å². The Hall–Kier alpha value is -2.31. The molecular weight excluding hydrogens is 394 g/mol. The maximum atomic E-state index is 12.7. The molecule has 1 saturated heterocycles. The normalized spacial score (nSPS) is 18.4. The van der Waals surface area contributed by atoms with Crippen molar-refractivity contribution < 1.29 is 9.59 Å². The first-order chi connectivity index (χ1) is 13.4. The van der Waals surface area contributed by atoms with Crippen LogP contribution >= 0.6 is 23.4 Å². The van der Waals surface area contributed by atoms with Gasteiger partial charge < -0.3 is 5.32 Å². The number of carbonyl (C=O) groups excluding carboxylic acids is 2. The summed E-state index contributed by atoms with van der Waals surface area (Å²) in [5.74, 6) is -0.315. The molecule has 2 aromatic rings. The van der Waals surface area contributed by atoms with Crippen molar-refractivity contribution in [1.29, 1.82) is 0 Å². The van der Waals surface area contributed by atoms with E-state index in [4.69, 9.17) is 11.6 Å². The molecule has 0 aromatic heterocycles. The molecule has 1 heterocycles. The van der Waals surface area contributed by atoms with Gasteiger partial charge >= 0.3 is 0 Å². The molecule has 7 heteroatoms. The number of amides is 2. The number of nitrogens with one attached hydrogen (secondary N) is 1. The van der Waals surface area contributed by atoms with E-state index in [1.54, 1.807) is 29.2 Å². The zero-order chi connectivity index (χ0) is 20.3. The van der Waals surface area contributed by atoms with Gasteiger partial charge in [0.1, 0.15) is 5.25 Å². The fraction of sp³-hybridized carbons (Fsp3) is 0.286. The molecule has 2 amide bonds. The predicted molar refractivity (Wildman–Crippen MR) is 116 cm³/mol. The summed E-state index contributed by atoms with van der Waals surface area (Å²) in [7, 11) is 0. The second-order valence-corrected chi connectivity index (χ2v) is 8.21. The van der Waals surface area contributed by atoms with Gasteiger partial charge in [-0.25, -0.2) is 4.99 Å². The van der Waals surface area contributed by atoms with E-state index in [9.17, 15) is 9.59 Å². The van der Waals surface area contributed by atoms with Gasteiger partial charge in [-0.2, -0.15) is 0 Å². The lowest BCUT2D eigenvalue weighted by Gasteiger charge is -2.31. The highest BCUT2D eigenvalue weighted by atomic mass is 35.5. The fourth-order valence-corrected chi connectivity index (χ4v) is 4.10. The third-order valence-corrected chi connectivity index (χ3v) is 6.02. The molecule has 0 radical (unpaired) electrons. The van der Waals surface area contributed by atoms with Crippen LogP contribution in [0.1, 0.15) is 24.5 Å². The molecule has 1 unspecified atom stereocenters. The Balaban J connectivity index is 1.82. The lowest BCUT2D eigenvalue weighted by atomic mass is 10.1. The highest BCUT2D eigenvalue weighted by Crippen LogP contribution is 2.30. The summed E-state index contributed by atoms with van der Waals surface area (Å²) in [6.07, 6.45) is 0.143. The number of aliphatic imine (C=N–C) groups is 1. The number of rotatable bonds is 4. The minimum Gasteiger partial charge on any atom is -0.325 e. The smallest absolute Gasteiger partial charge is 0.238 e. The molecule has 0 saturated carbocycles. The Morgan fingerprint density at radius 3 is 2.57 bits per heavy atom. The molecule has 1 atom stereocenters. The Bertz CT molecular complexity index is 928. The highest BCUT2D eigenvalue weighted by Gasteiger charge is 2.35. The van der Waals surface area contributed by atoms with Gasteiger partial charge in [-0.05, 0) is 68.3 Å². The van der Waals surface area contributed by atoms with Crippen LogP contribution < -0.4 is 5.32 Å². The Labute approximate surface area is 174 Å². The minimum atomic E-state index is -0.531. The van der Waals surface area contributed by atoms with Crippen LogP contribution in [0.3, 0.4) is 0 Å². The van der Waals surface area contributed by atoms with Crippen molar-refractivity contribution in [2.24, 2.45) is 4.99 Å². The quantitative estimate of drug-likeness (QED) is 0.769. The van der Waals surface area contributed by atoms with Crippen molar-refractivity contribution in [3.05, 3.63) is 58.6 Å². The van der Waals surface area contributed by atoms with Crippen molar-refractivity contribution in [3.63, 3.8) is 0 Å². The van der Waals surface area contributed by atoms with E-state index < -0.39 is 5.25 Å². The van der Waals surface area contributed by atoms with Crippen molar-refractivity contribution in [2.75, 3.05) is 11.9 Å². The monoisotopic (exact) mass is 415 g/mol. The first-order valence-corrected chi connectivity index (χ1v) is 10.3. The summed E-state index contributed by atoms with van der Waals surface area (Å²) >= 11 is 7.20. The largest absolute Gasteiger partial charge is 0.325 e. The number of amidine groups is 1. The van der Waals surface area contributed by atoms with Gasteiger partial charge in [-0.1, -0.05) is 29.4 Å². The molecule has 1 aliphatic rings. The summed E-state index contributed by atoms with van der Waals surface area (Å²) in [4.78, 5) is 31.6. The molecule has 1 N–H and O–H groups in total. The average Bonchev–Trinajstić information content (AvgIpc) is 2.66. The van der Waals surface area contributed by atoms with Gasteiger partial charge in [0.2, 0.25) is 11.8 Å². The molecule has 0 bridgehead atoms. The van der Waals surface area contributed by atoms with Crippen LogP contribution in [0.2, 0.25) is 5.02 Å². The molecule has 1 fully saturated rings. The van der Waals surface area contributed by atoms with Gasteiger partial charge in [0.15, 0.2) is 5.17 Å². The second-order valence-electron chi connectivity index (χ2n) is 6.61. The zero-order valence-corrected chi connectivity index (χ0v) is 17.6. The number of benzene rings is 2. The van der Waals surface area contributed by atoms with E-state index >= 15 is 0 Å². The maximum absolute atomic E-state index is 12.7. The molecular formula is C21H22ClN3O2S. The number of anilines is 1. The lowest BCUT2D eigenvalue weighted by molar-refractivity contribution is -0.129. The summed E-state index contributed by atoms with van der Waals surface area (Å²) < 4.78 is 0. The van der Waals surface area contributed by atoms with Crippen LogP contribution in [0.5, 0.6) is 0 Å². The molecule has 1 aliphatic heterocycles.